The summed E-state index contributed by atoms with van der Waals surface area (Å²) in [7, 11) is 0. The van der Waals surface area contributed by atoms with E-state index < -0.39 is 145 Å². The maximum absolute atomic E-state index is 15.6. The monoisotopic (exact) mass is 2320 g/mol. The Morgan fingerprint density at radius 2 is 0.767 bits per heavy atom. The summed E-state index contributed by atoms with van der Waals surface area (Å²) in [5.74, 6) is -28.0. The predicted octanol–water partition coefficient (Wildman–Crippen LogP) is 26.3. The summed E-state index contributed by atoms with van der Waals surface area (Å²) in [5, 5.41) is 73.4. The van der Waals surface area contributed by atoms with E-state index in [0.717, 1.165) is 56.9 Å². The van der Waals surface area contributed by atoms with Crippen molar-refractivity contribution in [1.29, 1.82) is 26.3 Å². The van der Waals surface area contributed by atoms with Gasteiger partial charge >= 0.3 is 29.7 Å². The van der Waals surface area contributed by atoms with Gasteiger partial charge in [-0.1, -0.05) is 7.43 Å². The van der Waals surface area contributed by atoms with Crippen molar-refractivity contribution in [3.05, 3.63) is 454 Å². The zero-order valence-corrected chi connectivity index (χ0v) is 80.6. The van der Waals surface area contributed by atoms with Crippen molar-refractivity contribution in [2.75, 3.05) is 13.2 Å². The van der Waals surface area contributed by atoms with Gasteiger partial charge in [-0.3, -0.25) is 14.8 Å². The summed E-state index contributed by atoms with van der Waals surface area (Å²) >= 11 is 8.17. The van der Waals surface area contributed by atoms with E-state index in [2.05, 4.69) is 83.1 Å². The molecule has 1 aliphatic heterocycles. The Morgan fingerprint density at radius 3 is 1.09 bits per heavy atom. The fourth-order valence-corrected chi connectivity index (χ4v) is 12.9. The largest absolute Gasteiger partial charge is 0.506 e. The molecule has 16 aromatic rings. The molecule has 150 heavy (non-hydrogen) atoms. The van der Waals surface area contributed by atoms with Crippen LogP contribution in [0.3, 0.4) is 0 Å². The lowest BCUT2D eigenvalue weighted by Crippen LogP contribution is -2.48. The fraction of sp³-hybridized carbons (Fsp3) is 0.106. The van der Waals surface area contributed by atoms with Gasteiger partial charge < -0.3 is 38.6 Å². The lowest BCUT2D eigenvalue weighted by Gasteiger charge is -2.35. The summed E-state index contributed by atoms with van der Waals surface area (Å²) in [6, 6.07) is 64.7. The molecule has 0 aliphatic carbocycles. The van der Waals surface area contributed by atoms with E-state index in [1.54, 1.807) is 95.5 Å². The van der Waals surface area contributed by atoms with Crippen LogP contribution < -0.4 is 18.9 Å². The number of alkyl halides is 8. The number of pyridine rings is 5. The Kier molecular flexibility index (Phi) is 41.4. The molecule has 0 radical (unpaired) electrons. The first-order valence-corrected chi connectivity index (χ1v) is 44.5. The van der Waals surface area contributed by atoms with Crippen LogP contribution in [-0.4, -0.2) is 80.3 Å². The van der Waals surface area contributed by atoms with Gasteiger partial charge in [0, 0.05) is 33.9 Å². The van der Waals surface area contributed by atoms with Crippen LogP contribution in [0.25, 0.3) is 0 Å². The van der Waals surface area contributed by atoms with Gasteiger partial charge in [0.1, 0.15) is 137 Å². The molecule has 1 saturated heterocycles. The number of epoxide rings is 1. The number of tetrazole rings is 1. The number of carbonyl (C=O) groups excluding carboxylic acids is 2. The lowest BCUT2D eigenvalue weighted by atomic mass is 9.86. The number of hydrogen-bond donors (Lipinski definition) is 2. The number of aliphatic hydroxyl groups is 1. The second-order valence-electron chi connectivity index (χ2n) is 29.8. The van der Waals surface area contributed by atoms with Gasteiger partial charge in [-0.2, -0.15) is 61.4 Å². The molecule has 10 aromatic carbocycles. The van der Waals surface area contributed by atoms with E-state index in [9.17, 15) is 80.6 Å². The molecule has 0 amide bonds. The van der Waals surface area contributed by atoms with Gasteiger partial charge in [0.05, 0.1) is 143 Å². The average Bonchev–Trinajstić information content (AvgIpc) is 1.54. The van der Waals surface area contributed by atoms with Gasteiger partial charge in [0.2, 0.25) is 5.60 Å². The number of benzene rings is 10. The van der Waals surface area contributed by atoms with Crippen molar-refractivity contribution in [3.63, 3.8) is 0 Å². The van der Waals surface area contributed by atoms with Gasteiger partial charge in [-0.15, -0.1) is 5.10 Å². The number of halogens is 22. The Balaban J connectivity index is 0.000000199. The van der Waals surface area contributed by atoms with E-state index in [4.69, 9.17) is 55.1 Å². The molecule has 1 aliphatic rings. The van der Waals surface area contributed by atoms with Crippen molar-refractivity contribution in [2.45, 2.75) is 55.8 Å². The first-order valence-electron chi connectivity index (χ1n) is 41.8. The molecule has 766 valence electrons. The SMILES string of the molecule is C.CCOC(=O)C(F)(F)c1ccc(F)cc1F.Fc1ccc(I)c(F)c1.N#Cc1ccc(F)cc1.N#Cc1ccc(Oc2ccc(Br)nc2)cc1.N#Cc1ccc(Oc2ccc(C(=O)C(F)(F)c3ccc(F)cc3F)nc2)cc1.N#Cc1ccc(Oc2ccc(C(O)(Cn3cnnn3)C(F)(F)c3ccc(F)cc3F)nc2)cc1.N#Cc1ccc(Oc2ccc(C3(C(F)(F)c4ccc(F)cc4F)CO3)nc2)cc1.Oc1ccc(Br)nc1. The smallest absolute Gasteiger partial charge is 0.382 e. The van der Waals surface area contributed by atoms with Crippen molar-refractivity contribution in [1.82, 2.24) is 45.1 Å². The molecule has 6 aromatic heterocycles. The van der Waals surface area contributed by atoms with Crippen LogP contribution in [0, 0.1) is 124 Å². The third kappa shape index (κ3) is 31.7. The molecule has 17 rings (SSSR count). The van der Waals surface area contributed by atoms with E-state index in [0.29, 0.717) is 115 Å². The van der Waals surface area contributed by atoms with Crippen LogP contribution in [0.1, 0.15) is 86.3 Å². The summed E-state index contributed by atoms with van der Waals surface area (Å²) in [5.41, 5.74) is -8.72. The van der Waals surface area contributed by atoms with Crippen molar-refractivity contribution >= 4 is 66.2 Å². The molecular formula is C104H66Br2F19IN14O10. The molecule has 0 spiro atoms. The highest BCUT2D eigenvalue weighted by atomic mass is 127. The minimum Gasteiger partial charge on any atom is -0.506 e. The molecule has 0 bridgehead atoms. The van der Waals surface area contributed by atoms with Crippen LogP contribution in [0.4, 0.5) is 83.4 Å². The summed E-state index contributed by atoms with van der Waals surface area (Å²) in [6.07, 6.45) is 7.39. The topological polar surface area (TPSA) is 360 Å². The summed E-state index contributed by atoms with van der Waals surface area (Å²) < 4.78 is 294. The maximum atomic E-state index is 15.6. The number of hydrogen-bond acceptors (Lipinski definition) is 23. The summed E-state index contributed by atoms with van der Waals surface area (Å²) in [4.78, 5) is 42.3. The number of nitriles is 5. The van der Waals surface area contributed by atoms with E-state index >= 15 is 17.6 Å². The Bertz CT molecular complexity index is 7490. The number of Topliss-reactive ketones (excluding diaryl/α,β-unsaturated/α-hetero) is 1. The highest BCUT2D eigenvalue weighted by Gasteiger charge is 2.68. The summed E-state index contributed by atoms with van der Waals surface area (Å²) in [6.45, 7) is -0.168. The lowest BCUT2D eigenvalue weighted by molar-refractivity contribution is -0.207. The van der Waals surface area contributed by atoms with E-state index in [-0.39, 0.29) is 67.3 Å². The number of ether oxygens (including phenoxy) is 6. The highest BCUT2D eigenvalue weighted by molar-refractivity contribution is 14.1. The Hall–Kier alpha value is -17.1. The van der Waals surface area contributed by atoms with Gasteiger partial charge in [-0.05, 0) is 314 Å². The molecule has 2 atom stereocenters. The maximum Gasteiger partial charge on any atom is 0.382 e. The van der Waals surface area contributed by atoms with E-state index in [1.807, 2.05) is 30.3 Å². The van der Waals surface area contributed by atoms with Crippen LogP contribution in [0.5, 0.6) is 51.7 Å². The Morgan fingerprint density at radius 1 is 0.420 bits per heavy atom. The molecule has 2 N–H and O–H groups in total. The number of esters is 1. The van der Waals surface area contributed by atoms with Gasteiger partial charge in [0.25, 0.3) is 5.78 Å². The average molecular weight is 2320 g/mol. The highest BCUT2D eigenvalue weighted by Crippen LogP contribution is 2.57. The van der Waals surface area contributed by atoms with Crippen molar-refractivity contribution in [2.24, 2.45) is 0 Å². The van der Waals surface area contributed by atoms with Gasteiger partial charge in [-0.25, -0.2) is 72.7 Å². The minimum atomic E-state index is -4.28. The van der Waals surface area contributed by atoms with Crippen LogP contribution in [-0.2, 0) is 55.7 Å². The number of rotatable bonds is 22. The predicted molar refractivity (Wildman–Crippen MR) is 511 cm³/mol. The molecule has 2 unspecified atom stereocenters. The minimum absolute atomic E-state index is 0. The second kappa shape index (κ2) is 53.3. The first-order chi connectivity index (χ1) is 70.9. The molecule has 0 saturated carbocycles. The van der Waals surface area contributed by atoms with Gasteiger partial charge in [0.15, 0.2) is 5.60 Å². The fourth-order valence-electron chi connectivity index (χ4n) is 12.1. The standard InChI is InChI=1S/C22H14F4N6O2.C21H12F4N2O2.C20H10F4N2O2.C12H7BrN2O.C10H8F4O2.C7H4FN.C6H3F2I.C5H4BrNO.CH4/c23-15-3-7-18(19(24)9-15)22(25,26)21(33,12-32-13-29-30-31-32)20-8-6-17(11-28-20)34-16-4-1-14(10-27)2-5-16;22-14-3-7-17(18(23)9-14)21(24,25)20(12-28-20)19-8-6-16(11-27-19)29-15-4-1-13(10-26)2-5-15;21-13-3-7-16(17(22)9-13)20(23,24)19(27)18-8-6-15(11-26-18)28-14-4-1-12(10-25)2-5-14;13-12-6-5-11(8-15-12)16-10-3-1-9(7-14)2-4-10;1-2-16-9(15)10(13,14)7-4-3-6(11)5-8(7)12;8-7-3-1-6(5-9)2-4-7;7-4-1-2-6(9)5(8)3-4;6-5-2-1-4(8)3-7-5;/h1-9,11,13,33H,12H2;1-9,11H,12H2;1-9,11H;1-6,8H;3-5H,2H2,1H3;1-4H;1-3H;1-3,8H;1H4. The van der Waals surface area contributed by atoms with E-state index in [1.165, 1.54) is 129 Å². The number of aromatic nitrogens is 9. The molecular weight excluding hydrogens is 2250 g/mol. The third-order valence-electron chi connectivity index (χ3n) is 19.6. The second-order valence-corrected chi connectivity index (χ2v) is 32.5. The zero-order chi connectivity index (χ0) is 109. The third-order valence-corrected chi connectivity index (χ3v) is 21.4. The molecule has 24 nitrogen and oxygen atoms in total. The molecule has 1 fully saturated rings. The van der Waals surface area contributed by atoms with Crippen molar-refractivity contribution < 1.29 is 132 Å². The zero-order valence-electron chi connectivity index (χ0n) is 75.3. The van der Waals surface area contributed by atoms with Crippen LogP contribution in [0.15, 0.2) is 320 Å². The van der Waals surface area contributed by atoms with Crippen LogP contribution >= 0.6 is 54.5 Å². The quantitative estimate of drug-likeness (QED) is 0.0121. The number of aromatic hydroxyl groups is 1. The number of carbonyl (C=O) groups is 2. The molecule has 7 heterocycles. The molecule has 46 heteroatoms. The number of ketones is 1. The van der Waals surface area contributed by atoms with Crippen molar-refractivity contribution in [3.8, 4) is 82.1 Å². The Labute approximate surface area is 869 Å². The number of nitrogens with zero attached hydrogens (tertiary/aromatic N) is 14. The van der Waals surface area contributed by atoms with Crippen LogP contribution in [0.2, 0.25) is 0 Å². The first kappa shape index (κ1) is 116. The normalized spacial score (nSPS) is 12.3.